The summed E-state index contributed by atoms with van der Waals surface area (Å²) in [7, 11) is 2.01. The first-order valence-corrected chi connectivity index (χ1v) is 8.27. The number of rotatable bonds is 4. The molecule has 1 aliphatic carbocycles. The minimum absolute atomic E-state index is 0.164. The highest BCUT2D eigenvalue weighted by Crippen LogP contribution is 2.47. The lowest BCUT2D eigenvalue weighted by molar-refractivity contribution is 0.532. The van der Waals surface area contributed by atoms with Crippen LogP contribution in [0.3, 0.4) is 0 Å². The molecule has 1 unspecified atom stereocenters. The van der Waals surface area contributed by atoms with Gasteiger partial charge in [0.05, 0.1) is 0 Å². The summed E-state index contributed by atoms with van der Waals surface area (Å²) in [6, 6.07) is 11.3. The third kappa shape index (κ3) is 2.29. The predicted molar refractivity (Wildman–Crippen MR) is 85.3 cm³/mol. The monoisotopic (exact) mass is 286 g/mol. The van der Waals surface area contributed by atoms with Gasteiger partial charge < -0.3 is 5.32 Å². The van der Waals surface area contributed by atoms with Crippen LogP contribution in [0.25, 0.3) is 0 Å². The van der Waals surface area contributed by atoms with E-state index in [0.29, 0.717) is 6.04 Å². The number of thiazole rings is 1. The van der Waals surface area contributed by atoms with Gasteiger partial charge in [0.2, 0.25) is 0 Å². The summed E-state index contributed by atoms with van der Waals surface area (Å²) in [5.41, 5.74) is 1.60. The van der Waals surface area contributed by atoms with Crippen LogP contribution in [0.4, 0.5) is 0 Å². The van der Waals surface area contributed by atoms with Gasteiger partial charge in [-0.25, -0.2) is 4.98 Å². The average molecular weight is 286 g/mol. The Labute approximate surface area is 125 Å². The van der Waals surface area contributed by atoms with Crippen LogP contribution in [0.5, 0.6) is 0 Å². The van der Waals surface area contributed by atoms with Crippen molar-refractivity contribution < 1.29 is 0 Å². The van der Waals surface area contributed by atoms with Gasteiger partial charge in [-0.3, -0.25) is 0 Å². The summed E-state index contributed by atoms with van der Waals surface area (Å²) in [5.74, 6) is 0. The second-order valence-electron chi connectivity index (χ2n) is 5.73. The Bertz CT molecular complexity index is 555. The molecule has 106 valence electrons. The summed E-state index contributed by atoms with van der Waals surface area (Å²) in [5, 5.41) is 4.61. The fraction of sp³-hybridized carbons (Fsp3) is 0.471. The largest absolute Gasteiger partial charge is 0.312 e. The molecule has 1 aromatic heterocycles. The number of hydrogen-bond acceptors (Lipinski definition) is 3. The third-order valence-corrected chi connectivity index (χ3v) is 5.96. The molecule has 1 N–H and O–H groups in total. The highest BCUT2D eigenvalue weighted by Gasteiger charge is 2.39. The van der Waals surface area contributed by atoms with E-state index in [-0.39, 0.29) is 5.41 Å². The van der Waals surface area contributed by atoms with E-state index in [1.165, 1.54) is 41.1 Å². The van der Waals surface area contributed by atoms with E-state index in [0.717, 1.165) is 0 Å². The second kappa shape index (κ2) is 5.66. The van der Waals surface area contributed by atoms with E-state index in [1.54, 1.807) is 0 Å². The molecule has 1 atom stereocenters. The van der Waals surface area contributed by atoms with Gasteiger partial charge in [-0.2, -0.15) is 0 Å². The molecule has 2 aromatic rings. The molecule has 1 saturated carbocycles. The quantitative estimate of drug-likeness (QED) is 0.907. The Kier molecular flexibility index (Phi) is 3.90. The van der Waals surface area contributed by atoms with Crippen LogP contribution in [0.2, 0.25) is 0 Å². The standard InChI is InChI=1S/C17H22N2S/c1-13(18-2)15-12-19-16(20-15)17(10-6-7-11-17)14-8-4-3-5-9-14/h3-5,8-9,12-13,18H,6-7,10-11H2,1-2H3. The average Bonchev–Trinajstić information content (AvgIpc) is 3.17. The molecular weight excluding hydrogens is 264 g/mol. The molecule has 2 nitrogen and oxygen atoms in total. The van der Waals surface area contributed by atoms with Crippen LogP contribution in [0, 0.1) is 0 Å². The van der Waals surface area contributed by atoms with Crippen LogP contribution in [-0.2, 0) is 5.41 Å². The molecule has 3 heteroatoms. The van der Waals surface area contributed by atoms with Crippen molar-refractivity contribution >= 4 is 11.3 Å². The van der Waals surface area contributed by atoms with E-state index >= 15 is 0 Å². The molecule has 1 heterocycles. The Morgan fingerprint density at radius 2 is 1.90 bits per heavy atom. The van der Waals surface area contributed by atoms with Crippen molar-refractivity contribution in [3.8, 4) is 0 Å². The van der Waals surface area contributed by atoms with Crippen LogP contribution in [-0.4, -0.2) is 12.0 Å². The number of nitrogens with zero attached hydrogens (tertiary/aromatic N) is 1. The van der Waals surface area contributed by atoms with Crippen LogP contribution in [0.1, 0.15) is 54.1 Å². The number of benzene rings is 1. The predicted octanol–water partition coefficient (Wildman–Crippen LogP) is 4.28. The van der Waals surface area contributed by atoms with Crippen molar-refractivity contribution in [2.45, 2.75) is 44.1 Å². The Hall–Kier alpha value is -1.19. The third-order valence-electron chi connectivity index (χ3n) is 4.58. The first kappa shape index (κ1) is 13.8. The minimum Gasteiger partial charge on any atom is -0.312 e. The van der Waals surface area contributed by atoms with Gasteiger partial charge >= 0.3 is 0 Å². The van der Waals surface area contributed by atoms with Crippen molar-refractivity contribution in [1.29, 1.82) is 0 Å². The first-order chi connectivity index (χ1) is 9.76. The Morgan fingerprint density at radius 1 is 1.20 bits per heavy atom. The van der Waals surface area contributed by atoms with Crippen molar-refractivity contribution in [1.82, 2.24) is 10.3 Å². The van der Waals surface area contributed by atoms with Crippen LogP contribution < -0.4 is 5.32 Å². The zero-order valence-corrected chi connectivity index (χ0v) is 13.0. The van der Waals surface area contributed by atoms with Gasteiger partial charge in [-0.05, 0) is 32.4 Å². The van der Waals surface area contributed by atoms with Gasteiger partial charge in [0.25, 0.3) is 0 Å². The summed E-state index contributed by atoms with van der Waals surface area (Å²) < 4.78 is 0. The van der Waals surface area contributed by atoms with E-state index in [2.05, 4.69) is 48.8 Å². The first-order valence-electron chi connectivity index (χ1n) is 7.45. The Balaban J connectivity index is 2.01. The normalized spacial score (nSPS) is 19.1. The number of aromatic nitrogens is 1. The van der Waals surface area contributed by atoms with E-state index in [9.17, 15) is 0 Å². The molecule has 1 aromatic carbocycles. The lowest BCUT2D eigenvalue weighted by Crippen LogP contribution is -2.23. The van der Waals surface area contributed by atoms with Crippen LogP contribution >= 0.6 is 11.3 Å². The molecule has 0 radical (unpaired) electrons. The molecule has 0 amide bonds. The number of hydrogen-bond donors (Lipinski definition) is 1. The summed E-state index contributed by atoms with van der Waals surface area (Å²) in [6.07, 6.45) is 7.15. The maximum atomic E-state index is 4.79. The van der Waals surface area contributed by atoms with Gasteiger partial charge in [0.15, 0.2) is 0 Å². The van der Waals surface area contributed by atoms with E-state index in [1.807, 2.05) is 18.4 Å². The molecule has 1 aliphatic rings. The molecule has 0 aliphatic heterocycles. The van der Waals surface area contributed by atoms with Gasteiger partial charge in [0.1, 0.15) is 5.01 Å². The molecular formula is C17H22N2S. The molecule has 0 saturated heterocycles. The highest BCUT2D eigenvalue weighted by molar-refractivity contribution is 7.11. The smallest absolute Gasteiger partial charge is 0.103 e. The lowest BCUT2D eigenvalue weighted by Gasteiger charge is -2.27. The van der Waals surface area contributed by atoms with Gasteiger partial charge in [-0.15, -0.1) is 11.3 Å². The van der Waals surface area contributed by atoms with Crippen molar-refractivity contribution in [2.75, 3.05) is 7.05 Å². The van der Waals surface area contributed by atoms with Crippen molar-refractivity contribution in [3.05, 3.63) is 52.0 Å². The summed E-state index contributed by atoms with van der Waals surface area (Å²) in [4.78, 5) is 6.13. The van der Waals surface area contributed by atoms with E-state index in [4.69, 9.17) is 4.98 Å². The van der Waals surface area contributed by atoms with Crippen molar-refractivity contribution in [3.63, 3.8) is 0 Å². The SMILES string of the molecule is CNC(C)c1cnc(C2(c3ccccc3)CCCC2)s1. The van der Waals surface area contributed by atoms with Gasteiger partial charge in [-0.1, -0.05) is 43.2 Å². The molecule has 0 bridgehead atoms. The summed E-state index contributed by atoms with van der Waals surface area (Å²) in [6.45, 7) is 2.20. The Morgan fingerprint density at radius 3 is 2.55 bits per heavy atom. The lowest BCUT2D eigenvalue weighted by atomic mass is 9.79. The minimum atomic E-state index is 0.164. The zero-order valence-electron chi connectivity index (χ0n) is 12.2. The molecule has 20 heavy (non-hydrogen) atoms. The van der Waals surface area contributed by atoms with E-state index < -0.39 is 0 Å². The second-order valence-corrected chi connectivity index (χ2v) is 6.80. The molecule has 0 spiro atoms. The highest BCUT2D eigenvalue weighted by atomic mass is 32.1. The topological polar surface area (TPSA) is 24.9 Å². The summed E-state index contributed by atoms with van der Waals surface area (Å²) >= 11 is 1.88. The van der Waals surface area contributed by atoms with Gasteiger partial charge in [0, 0.05) is 22.5 Å². The van der Waals surface area contributed by atoms with Crippen molar-refractivity contribution in [2.24, 2.45) is 0 Å². The maximum Gasteiger partial charge on any atom is 0.103 e. The number of nitrogens with one attached hydrogen (secondary N) is 1. The fourth-order valence-electron chi connectivity index (χ4n) is 3.21. The maximum absolute atomic E-state index is 4.79. The van der Waals surface area contributed by atoms with Crippen LogP contribution in [0.15, 0.2) is 36.5 Å². The molecule has 1 fully saturated rings. The molecule has 3 rings (SSSR count). The fourth-order valence-corrected chi connectivity index (χ4v) is 4.46. The zero-order chi connectivity index (χ0) is 14.0.